The summed E-state index contributed by atoms with van der Waals surface area (Å²) < 4.78 is 0. The van der Waals surface area contributed by atoms with Crippen molar-refractivity contribution in [2.45, 2.75) is 31.7 Å². The van der Waals surface area contributed by atoms with Crippen LogP contribution in [0.4, 0.5) is 0 Å². The molecule has 1 aliphatic heterocycles. The molecular formula is C8H14BrNO. The Morgan fingerprint density at radius 2 is 2.36 bits per heavy atom. The highest BCUT2D eigenvalue weighted by molar-refractivity contribution is 9.09. The monoisotopic (exact) mass is 219 g/mol. The number of carbonyl (C=O) groups is 1. The van der Waals surface area contributed by atoms with Crippen LogP contribution in [0.2, 0.25) is 0 Å². The molecule has 0 aromatic heterocycles. The van der Waals surface area contributed by atoms with Gasteiger partial charge in [0.15, 0.2) is 0 Å². The minimum absolute atomic E-state index is 0.310. The SMILES string of the molecule is O=C(CBr)C[C@H]1CCCCN1. The fourth-order valence-corrected chi connectivity index (χ4v) is 1.66. The van der Waals surface area contributed by atoms with E-state index in [1.807, 2.05) is 0 Å². The van der Waals surface area contributed by atoms with Gasteiger partial charge >= 0.3 is 0 Å². The summed E-state index contributed by atoms with van der Waals surface area (Å²) in [5.74, 6) is 0.310. The average Bonchev–Trinajstić information content (AvgIpc) is 2.06. The van der Waals surface area contributed by atoms with Crippen molar-refractivity contribution >= 4 is 21.7 Å². The van der Waals surface area contributed by atoms with Gasteiger partial charge in [-0.3, -0.25) is 4.79 Å². The summed E-state index contributed by atoms with van der Waals surface area (Å²) in [7, 11) is 0. The van der Waals surface area contributed by atoms with Crippen molar-refractivity contribution in [3.63, 3.8) is 0 Å². The van der Waals surface area contributed by atoms with E-state index in [9.17, 15) is 4.79 Å². The van der Waals surface area contributed by atoms with Gasteiger partial charge in [0.2, 0.25) is 0 Å². The first-order chi connectivity index (χ1) is 5.33. The Morgan fingerprint density at radius 1 is 1.55 bits per heavy atom. The largest absolute Gasteiger partial charge is 0.314 e. The predicted octanol–water partition coefficient (Wildman–Crippen LogP) is 1.48. The lowest BCUT2D eigenvalue weighted by Crippen LogP contribution is -2.35. The molecule has 0 saturated carbocycles. The zero-order valence-electron chi connectivity index (χ0n) is 6.61. The quantitative estimate of drug-likeness (QED) is 0.730. The molecule has 1 atom stereocenters. The Labute approximate surface area is 75.9 Å². The number of nitrogens with one attached hydrogen (secondary N) is 1. The molecule has 1 N–H and O–H groups in total. The molecule has 64 valence electrons. The molecule has 0 radical (unpaired) electrons. The van der Waals surface area contributed by atoms with Crippen LogP contribution in [0.1, 0.15) is 25.7 Å². The molecule has 0 aromatic rings. The normalized spacial score (nSPS) is 25.0. The Kier molecular flexibility index (Phi) is 4.08. The molecule has 1 saturated heterocycles. The average molecular weight is 220 g/mol. The molecule has 1 rings (SSSR count). The smallest absolute Gasteiger partial charge is 0.144 e. The second kappa shape index (κ2) is 4.88. The number of hydrogen-bond acceptors (Lipinski definition) is 2. The molecule has 1 heterocycles. The van der Waals surface area contributed by atoms with E-state index in [4.69, 9.17) is 0 Å². The summed E-state index contributed by atoms with van der Waals surface area (Å²) in [4.78, 5) is 11.0. The van der Waals surface area contributed by atoms with Crippen LogP contribution in [0.3, 0.4) is 0 Å². The van der Waals surface area contributed by atoms with Crippen LogP contribution in [0.5, 0.6) is 0 Å². The summed E-state index contributed by atoms with van der Waals surface area (Å²) >= 11 is 3.16. The number of piperidine rings is 1. The van der Waals surface area contributed by atoms with Crippen LogP contribution < -0.4 is 5.32 Å². The molecule has 0 bridgehead atoms. The van der Waals surface area contributed by atoms with Crippen molar-refractivity contribution in [3.8, 4) is 0 Å². The van der Waals surface area contributed by atoms with E-state index >= 15 is 0 Å². The van der Waals surface area contributed by atoms with Crippen molar-refractivity contribution in [2.75, 3.05) is 11.9 Å². The Hall–Kier alpha value is 0.110. The van der Waals surface area contributed by atoms with Crippen LogP contribution in [0, 0.1) is 0 Å². The predicted molar refractivity (Wildman–Crippen MR) is 49.1 cm³/mol. The Morgan fingerprint density at radius 3 is 2.91 bits per heavy atom. The van der Waals surface area contributed by atoms with Crippen LogP contribution in [-0.2, 0) is 4.79 Å². The molecule has 1 fully saturated rings. The summed E-state index contributed by atoms with van der Waals surface area (Å²) in [5.41, 5.74) is 0. The van der Waals surface area contributed by atoms with E-state index in [1.165, 1.54) is 19.3 Å². The van der Waals surface area contributed by atoms with E-state index in [1.54, 1.807) is 0 Å². The van der Waals surface area contributed by atoms with E-state index in [2.05, 4.69) is 21.2 Å². The van der Waals surface area contributed by atoms with Gasteiger partial charge in [0.25, 0.3) is 0 Å². The summed E-state index contributed by atoms with van der Waals surface area (Å²) in [6.07, 6.45) is 4.40. The molecule has 11 heavy (non-hydrogen) atoms. The van der Waals surface area contributed by atoms with Crippen molar-refractivity contribution < 1.29 is 4.79 Å². The van der Waals surface area contributed by atoms with Crippen molar-refractivity contribution in [3.05, 3.63) is 0 Å². The zero-order chi connectivity index (χ0) is 8.10. The van der Waals surface area contributed by atoms with Crippen LogP contribution in [0.15, 0.2) is 0 Å². The number of Topliss-reactive ketones (excluding diaryl/α,β-unsaturated/α-hetero) is 1. The van der Waals surface area contributed by atoms with Gasteiger partial charge in [-0.05, 0) is 19.4 Å². The lowest BCUT2D eigenvalue weighted by Gasteiger charge is -2.22. The maximum absolute atomic E-state index is 11.0. The van der Waals surface area contributed by atoms with Crippen LogP contribution in [0.25, 0.3) is 0 Å². The molecule has 0 aromatic carbocycles. The molecule has 0 amide bonds. The second-order valence-corrected chi connectivity index (χ2v) is 3.58. The van der Waals surface area contributed by atoms with Gasteiger partial charge in [0, 0.05) is 12.5 Å². The van der Waals surface area contributed by atoms with Crippen LogP contribution >= 0.6 is 15.9 Å². The number of carbonyl (C=O) groups excluding carboxylic acids is 1. The number of ketones is 1. The second-order valence-electron chi connectivity index (χ2n) is 3.02. The first-order valence-electron chi connectivity index (χ1n) is 4.14. The van der Waals surface area contributed by atoms with Gasteiger partial charge < -0.3 is 5.32 Å². The van der Waals surface area contributed by atoms with E-state index in [-0.39, 0.29) is 0 Å². The lowest BCUT2D eigenvalue weighted by molar-refractivity contribution is -0.117. The number of alkyl halides is 1. The topological polar surface area (TPSA) is 29.1 Å². The molecule has 1 aliphatic rings. The highest BCUT2D eigenvalue weighted by atomic mass is 79.9. The maximum atomic E-state index is 11.0. The van der Waals surface area contributed by atoms with E-state index in [0.29, 0.717) is 23.6 Å². The third kappa shape index (κ3) is 3.34. The van der Waals surface area contributed by atoms with E-state index in [0.717, 1.165) is 6.54 Å². The maximum Gasteiger partial charge on any atom is 0.144 e. The van der Waals surface area contributed by atoms with Crippen molar-refractivity contribution in [1.82, 2.24) is 5.32 Å². The summed E-state index contributed by atoms with van der Waals surface area (Å²) in [6.45, 7) is 1.08. The Bertz CT molecular complexity index is 132. The van der Waals surface area contributed by atoms with Gasteiger partial charge in [-0.15, -0.1) is 0 Å². The van der Waals surface area contributed by atoms with Gasteiger partial charge in [0.1, 0.15) is 5.78 Å². The van der Waals surface area contributed by atoms with Gasteiger partial charge in [-0.25, -0.2) is 0 Å². The van der Waals surface area contributed by atoms with Gasteiger partial charge in [-0.2, -0.15) is 0 Å². The molecule has 0 aliphatic carbocycles. The molecule has 0 unspecified atom stereocenters. The zero-order valence-corrected chi connectivity index (χ0v) is 8.19. The highest BCUT2D eigenvalue weighted by Gasteiger charge is 2.14. The Balaban J connectivity index is 2.19. The first kappa shape index (κ1) is 9.20. The number of rotatable bonds is 3. The fraction of sp³-hybridized carbons (Fsp3) is 0.875. The minimum atomic E-state index is 0.310. The lowest BCUT2D eigenvalue weighted by atomic mass is 10.0. The molecule has 2 nitrogen and oxygen atoms in total. The van der Waals surface area contributed by atoms with Crippen molar-refractivity contribution in [1.29, 1.82) is 0 Å². The number of hydrogen-bond donors (Lipinski definition) is 1. The molecule has 0 spiro atoms. The van der Waals surface area contributed by atoms with E-state index < -0.39 is 0 Å². The summed E-state index contributed by atoms with van der Waals surface area (Å²) in [5, 5.41) is 3.85. The van der Waals surface area contributed by atoms with Gasteiger partial charge in [-0.1, -0.05) is 22.4 Å². The third-order valence-electron chi connectivity index (χ3n) is 2.04. The van der Waals surface area contributed by atoms with Crippen LogP contribution in [-0.4, -0.2) is 23.7 Å². The number of halogens is 1. The third-order valence-corrected chi connectivity index (χ3v) is 2.66. The standard InChI is InChI=1S/C8H14BrNO/c9-6-8(11)5-7-3-1-2-4-10-7/h7,10H,1-6H2/t7-/m1/s1. The minimum Gasteiger partial charge on any atom is -0.314 e. The fourth-order valence-electron chi connectivity index (χ4n) is 1.43. The summed E-state index contributed by atoms with van der Waals surface area (Å²) in [6, 6.07) is 0.453. The molecule has 3 heteroatoms. The van der Waals surface area contributed by atoms with Gasteiger partial charge in [0.05, 0.1) is 5.33 Å². The molecular weight excluding hydrogens is 206 g/mol. The van der Waals surface area contributed by atoms with Crippen molar-refractivity contribution in [2.24, 2.45) is 0 Å². The first-order valence-corrected chi connectivity index (χ1v) is 5.26. The highest BCUT2D eigenvalue weighted by Crippen LogP contribution is 2.10.